The molecule has 0 fully saturated rings. The maximum Gasteiger partial charge on any atom is 0.191 e. The van der Waals surface area contributed by atoms with Crippen molar-refractivity contribution in [2.24, 2.45) is 0 Å². The summed E-state index contributed by atoms with van der Waals surface area (Å²) in [5.74, 6) is 0. The number of hydrogen-bond donors (Lipinski definition) is 0. The van der Waals surface area contributed by atoms with Crippen molar-refractivity contribution in [3.63, 3.8) is 0 Å². The Morgan fingerprint density at radius 2 is 1.42 bits per heavy atom. The molecule has 2 aromatic rings. The standard InChI is InChI=1S/C19H17ClSi.2ClH.Ti/c1-21(20,14-8-2-3-9-14)19-17-12-6-4-10-15(17)16-11-5-7-13-18(16)19;;;/h2-8,10-13,19H,9H2,1H3;2*1H;. The first-order valence-electron chi connectivity index (χ1n) is 7.43. The van der Waals surface area contributed by atoms with Crippen LogP contribution < -0.4 is 0 Å². The third kappa shape index (κ3) is 3.36. The number of hydrogen-bond acceptors (Lipinski definition) is 0. The molecule has 0 radical (unpaired) electrons. The Kier molecular flexibility index (Phi) is 7.62. The number of allylic oxidation sites excluding steroid dienone is 4. The maximum atomic E-state index is 7.23. The molecule has 1 atom stereocenters. The van der Waals surface area contributed by atoms with Crippen molar-refractivity contribution < 1.29 is 21.7 Å². The molecule has 0 nitrogen and oxygen atoms in total. The Hall–Kier alpha value is -0.279. The van der Waals surface area contributed by atoms with Crippen LogP contribution in [0.3, 0.4) is 0 Å². The summed E-state index contributed by atoms with van der Waals surface area (Å²) in [7, 11) is -2.07. The topological polar surface area (TPSA) is 0 Å². The summed E-state index contributed by atoms with van der Waals surface area (Å²) in [5, 5.41) is 1.45. The number of benzene rings is 2. The largest absolute Gasteiger partial charge is 0.191 e. The molecule has 2 aliphatic carbocycles. The average Bonchev–Trinajstić information content (AvgIpc) is 3.14. The summed E-state index contributed by atoms with van der Waals surface area (Å²) in [6.07, 6.45) is 7.63. The molecule has 0 spiro atoms. The molecule has 0 aromatic heterocycles. The second kappa shape index (κ2) is 8.40. The third-order valence-corrected chi connectivity index (χ3v) is 9.49. The molecule has 0 N–H and O–H groups in total. The van der Waals surface area contributed by atoms with Crippen molar-refractivity contribution in [3.05, 3.63) is 83.1 Å². The smallest absolute Gasteiger partial charge is 0.161 e. The van der Waals surface area contributed by atoms with E-state index >= 15 is 0 Å². The van der Waals surface area contributed by atoms with Gasteiger partial charge in [-0.15, -0.1) is 24.8 Å². The van der Waals surface area contributed by atoms with E-state index in [1.807, 2.05) is 0 Å². The van der Waals surface area contributed by atoms with E-state index in [0.29, 0.717) is 5.54 Å². The van der Waals surface area contributed by atoms with Gasteiger partial charge < -0.3 is 0 Å². The van der Waals surface area contributed by atoms with Crippen LogP contribution in [0.5, 0.6) is 0 Å². The Labute approximate surface area is 176 Å². The summed E-state index contributed by atoms with van der Waals surface area (Å²) in [6, 6.07) is 17.5. The molecule has 0 saturated heterocycles. The molecular weight excluding hydrogens is 411 g/mol. The number of fused-ring (bicyclic) bond motifs is 3. The zero-order valence-corrected chi connectivity index (χ0v) is 18.3. The van der Waals surface area contributed by atoms with Crippen LogP contribution in [0.25, 0.3) is 11.1 Å². The molecule has 1 unspecified atom stereocenters. The van der Waals surface area contributed by atoms with Crippen LogP contribution in [0, 0.1) is 0 Å². The van der Waals surface area contributed by atoms with Crippen molar-refractivity contribution in [1.29, 1.82) is 0 Å². The maximum absolute atomic E-state index is 7.23. The minimum absolute atomic E-state index is 0. The normalized spacial score (nSPS) is 16.7. The van der Waals surface area contributed by atoms with Gasteiger partial charge in [0.1, 0.15) is 0 Å². The predicted molar refractivity (Wildman–Crippen MR) is 108 cm³/mol. The molecule has 0 saturated carbocycles. The van der Waals surface area contributed by atoms with Gasteiger partial charge in [-0.05, 0) is 28.7 Å². The van der Waals surface area contributed by atoms with Gasteiger partial charge >= 0.3 is 0 Å². The minimum Gasteiger partial charge on any atom is -0.161 e. The molecule has 0 bridgehead atoms. The molecule has 124 valence electrons. The Morgan fingerprint density at radius 3 is 1.88 bits per heavy atom. The van der Waals surface area contributed by atoms with Crippen molar-refractivity contribution in [2.45, 2.75) is 18.5 Å². The van der Waals surface area contributed by atoms with E-state index in [1.165, 1.54) is 27.5 Å². The fourth-order valence-corrected chi connectivity index (χ4v) is 7.84. The van der Waals surface area contributed by atoms with Crippen LogP contribution >= 0.6 is 35.9 Å². The SMILES string of the molecule is C[Si](Cl)(C1=CC=CC1)C1c2ccccc2-c2ccccc21.Cl.Cl.[Ti]. The third-order valence-electron chi connectivity index (χ3n) is 4.78. The van der Waals surface area contributed by atoms with E-state index in [9.17, 15) is 0 Å². The summed E-state index contributed by atoms with van der Waals surface area (Å²) in [4.78, 5) is 0. The predicted octanol–water partition coefficient (Wildman–Crippen LogP) is 6.42. The van der Waals surface area contributed by atoms with Crippen molar-refractivity contribution in [3.8, 4) is 11.1 Å². The van der Waals surface area contributed by atoms with Gasteiger partial charge in [0.2, 0.25) is 0 Å². The minimum atomic E-state index is -2.07. The van der Waals surface area contributed by atoms with Gasteiger partial charge in [-0.25, -0.2) is 0 Å². The first kappa shape index (κ1) is 21.8. The number of halogens is 3. The van der Waals surface area contributed by atoms with E-state index in [0.717, 1.165) is 6.42 Å². The molecule has 24 heavy (non-hydrogen) atoms. The van der Waals surface area contributed by atoms with Gasteiger partial charge in [-0.2, -0.15) is 11.1 Å². The van der Waals surface area contributed by atoms with Gasteiger partial charge in [0.15, 0.2) is 7.38 Å². The van der Waals surface area contributed by atoms with Crippen LogP contribution in [-0.4, -0.2) is 7.38 Å². The average molecular weight is 430 g/mol. The van der Waals surface area contributed by atoms with Gasteiger partial charge in [0, 0.05) is 27.3 Å². The van der Waals surface area contributed by atoms with E-state index in [2.05, 4.69) is 73.3 Å². The Bertz CT molecular complexity index is 738. The quantitative estimate of drug-likeness (QED) is 0.382. The second-order valence-corrected chi connectivity index (χ2v) is 11.7. The van der Waals surface area contributed by atoms with Crippen LogP contribution in [0.2, 0.25) is 6.55 Å². The molecule has 0 aliphatic heterocycles. The van der Waals surface area contributed by atoms with E-state index < -0.39 is 7.38 Å². The molecule has 5 heteroatoms. The Morgan fingerprint density at radius 1 is 0.917 bits per heavy atom. The van der Waals surface area contributed by atoms with Crippen LogP contribution in [0.15, 0.2) is 72.0 Å². The molecule has 0 heterocycles. The summed E-state index contributed by atoms with van der Waals surface area (Å²) in [5.41, 5.74) is 5.91. The van der Waals surface area contributed by atoms with Gasteiger partial charge in [0.25, 0.3) is 0 Å². The van der Waals surface area contributed by atoms with Crippen LogP contribution in [0.1, 0.15) is 23.1 Å². The Balaban J connectivity index is 0.000000960. The number of rotatable bonds is 2. The van der Waals surface area contributed by atoms with E-state index in [4.69, 9.17) is 11.1 Å². The van der Waals surface area contributed by atoms with Gasteiger partial charge in [-0.1, -0.05) is 78.5 Å². The zero-order chi connectivity index (χ0) is 14.4. The molecule has 2 aromatic carbocycles. The van der Waals surface area contributed by atoms with Crippen LogP contribution in [0.4, 0.5) is 0 Å². The van der Waals surface area contributed by atoms with Crippen molar-refractivity contribution >= 4 is 43.3 Å². The summed E-state index contributed by atoms with van der Waals surface area (Å²) >= 11 is 7.23. The van der Waals surface area contributed by atoms with Crippen molar-refractivity contribution in [1.82, 2.24) is 0 Å². The second-order valence-electron chi connectivity index (χ2n) is 6.01. The van der Waals surface area contributed by atoms with Crippen molar-refractivity contribution in [2.75, 3.05) is 0 Å². The molecular formula is C19H19Cl3SiTi. The molecule has 4 rings (SSSR count). The molecule has 0 amide bonds. The molecule has 2 aliphatic rings. The first-order valence-corrected chi connectivity index (χ1v) is 11.0. The fourth-order valence-electron chi connectivity index (χ4n) is 3.73. The summed E-state index contributed by atoms with van der Waals surface area (Å²) in [6.45, 7) is 2.30. The fraction of sp³-hybridized carbons (Fsp3) is 0.158. The zero-order valence-electron chi connectivity index (χ0n) is 13.3. The van der Waals surface area contributed by atoms with E-state index in [1.54, 1.807) is 0 Å². The summed E-state index contributed by atoms with van der Waals surface area (Å²) < 4.78 is 0. The van der Waals surface area contributed by atoms with E-state index in [-0.39, 0.29) is 46.5 Å². The first-order chi connectivity index (χ1) is 10.2. The van der Waals surface area contributed by atoms with Crippen LogP contribution in [-0.2, 0) is 21.7 Å². The van der Waals surface area contributed by atoms with Gasteiger partial charge in [0.05, 0.1) is 0 Å². The monoisotopic (exact) mass is 428 g/mol. The van der Waals surface area contributed by atoms with Gasteiger partial charge in [-0.3, -0.25) is 0 Å².